The second-order valence-corrected chi connectivity index (χ2v) is 4.21. The molecule has 3 nitrogen and oxygen atoms in total. The van der Waals surface area contributed by atoms with Gasteiger partial charge in [0.1, 0.15) is 0 Å². The van der Waals surface area contributed by atoms with E-state index < -0.39 is 0 Å². The molecule has 0 saturated carbocycles. The van der Waals surface area contributed by atoms with Gasteiger partial charge in [-0.1, -0.05) is 38.1 Å². The fourth-order valence-electron chi connectivity index (χ4n) is 1.51. The van der Waals surface area contributed by atoms with Crippen molar-refractivity contribution in [2.45, 2.75) is 32.2 Å². The summed E-state index contributed by atoms with van der Waals surface area (Å²) < 4.78 is 4.59. The molecule has 88 valence electrons. The average molecular weight is 221 g/mol. The quantitative estimate of drug-likeness (QED) is 0.794. The molecule has 0 aromatic heterocycles. The number of benzene rings is 1. The minimum atomic E-state index is -0.284. The summed E-state index contributed by atoms with van der Waals surface area (Å²) in [6.45, 7) is 4.28. The van der Waals surface area contributed by atoms with Crippen LogP contribution in [0.2, 0.25) is 0 Å². The van der Waals surface area contributed by atoms with Gasteiger partial charge in [-0.2, -0.15) is 0 Å². The zero-order valence-electron chi connectivity index (χ0n) is 10.1. The molecule has 0 aliphatic rings. The predicted molar refractivity (Wildman–Crippen MR) is 64.1 cm³/mol. The smallest absolute Gasteiger partial charge is 0.307 e. The first kappa shape index (κ1) is 12.7. The Labute approximate surface area is 96.6 Å². The van der Waals surface area contributed by atoms with Gasteiger partial charge < -0.3 is 10.5 Å². The van der Waals surface area contributed by atoms with E-state index in [1.165, 1.54) is 12.7 Å². The summed E-state index contributed by atoms with van der Waals surface area (Å²) >= 11 is 0. The molecule has 0 fully saturated rings. The fraction of sp³-hybridized carbons (Fsp3) is 0.462. The van der Waals surface area contributed by atoms with Gasteiger partial charge in [-0.3, -0.25) is 4.79 Å². The van der Waals surface area contributed by atoms with Gasteiger partial charge in [-0.15, -0.1) is 0 Å². The molecule has 0 amide bonds. The second kappa shape index (κ2) is 5.66. The number of carbonyl (C=O) groups excluding carboxylic acids is 1. The Hall–Kier alpha value is -1.35. The first-order chi connectivity index (χ1) is 7.54. The minimum absolute atomic E-state index is 0.220. The third-order valence-corrected chi connectivity index (χ3v) is 2.65. The van der Waals surface area contributed by atoms with Crippen molar-refractivity contribution >= 4 is 5.97 Å². The van der Waals surface area contributed by atoms with E-state index >= 15 is 0 Å². The van der Waals surface area contributed by atoms with E-state index in [9.17, 15) is 4.79 Å². The van der Waals surface area contributed by atoms with Gasteiger partial charge in [0.2, 0.25) is 0 Å². The first-order valence-corrected chi connectivity index (χ1v) is 5.47. The van der Waals surface area contributed by atoms with Crippen LogP contribution in [-0.2, 0) is 9.53 Å². The Morgan fingerprint density at radius 3 is 2.19 bits per heavy atom. The van der Waals surface area contributed by atoms with E-state index in [1.54, 1.807) is 0 Å². The van der Waals surface area contributed by atoms with Gasteiger partial charge in [0.15, 0.2) is 0 Å². The van der Waals surface area contributed by atoms with E-state index in [-0.39, 0.29) is 18.4 Å². The summed E-state index contributed by atoms with van der Waals surface area (Å²) in [7, 11) is 1.37. The summed E-state index contributed by atoms with van der Waals surface area (Å²) in [5, 5.41) is 0. The summed E-state index contributed by atoms with van der Waals surface area (Å²) in [4.78, 5) is 11.1. The van der Waals surface area contributed by atoms with Gasteiger partial charge in [-0.25, -0.2) is 0 Å². The Kier molecular flexibility index (Phi) is 4.50. The molecule has 0 spiro atoms. The fourth-order valence-corrected chi connectivity index (χ4v) is 1.51. The molecule has 16 heavy (non-hydrogen) atoms. The van der Waals surface area contributed by atoms with Crippen molar-refractivity contribution in [3.63, 3.8) is 0 Å². The molecule has 1 atom stereocenters. The van der Waals surface area contributed by atoms with Crippen LogP contribution in [0, 0.1) is 0 Å². The largest absolute Gasteiger partial charge is 0.469 e. The summed E-state index contributed by atoms with van der Waals surface area (Å²) in [6.07, 6.45) is 0.220. The van der Waals surface area contributed by atoms with Crippen LogP contribution in [0.4, 0.5) is 0 Å². The van der Waals surface area contributed by atoms with Gasteiger partial charge in [-0.05, 0) is 17.0 Å². The van der Waals surface area contributed by atoms with Crippen LogP contribution in [0.5, 0.6) is 0 Å². The van der Waals surface area contributed by atoms with Crippen LogP contribution in [0.1, 0.15) is 43.4 Å². The molecule has 1 unspecified atom stereocenters. The monoisotopic (exact) mass is 221 g/mol. The maximum absolute atomic E-state index is 11.1. The van der Waals surface area contributed by atoms with Crippen LogP contribution < -0.4 is 5.73 Å². The topological polar surface area (TPSA) is 52.3 Å². The highest BCUT2D eigenvalue weighted by molar-refractivity contribution is 5.70. The molecule has 0 radical (unpaired) electrons. The molecule has 0 heterocycles. The molecule has 2 N–H and O–H groups in total. The molecule has 1 aromatic carbocycles. The molecule has 0 saturated heterocycles. The molecular formula is C13H19NO2. The van der Waals surface area contributed by atoms with Crippen molar-refractivity contribution in [3.05, 3.63) is 35.4 Å². The van der Waals surface area contributed by atoms with Crippen LogP contribution in [-0.4, -0.2) is 13.1 Å². The lowest BCUT2D eigenvalue weighted by molar-refractivity contribution is -0.141. The number of rotatable bonds is 4. The Morgan fingerprint density at radius 2 is 1.75 bits per heavy atom. The Bertz CT molecular complexity index is 343. The zero-order valence-corrected chi connectivity index (χ0v) is 10.1. The third kappa shape index (κ3) is 3.35. The van der Waals surface area contributed by atoms with Crippen LogP contribution in [0.25, 0.3) is 0 Å². The van der Waals surface area contributed by atoms with Gasteiger partial charge in [0, 0.05) is 6.04 Å². The summed E-state index contributed by atoms with van der Waals surface area (Å²) in [6, 6.07) is 7.77. The highest BCUT2D eigenvalue weighted by atomic mass is 16.5. The van der Waals surface area contributed by atoms with E-state index in [0.717, 1.165) is 5.56 Å². The predicted octanol–water partition coefficient (Wildman–Crippen LogP) is 2.37. The lowest BCUT2D eigenvalue weighted by atomic mass is 9.98. The van der Waals surface area contributed by atoms with Crippen molar-refractivity contribution in [2.75, 3.05) is 7.11 Å². The molecule has 1 aromatic rings. The minimum Gasteiger partial charge on any atom is -0.469 e. The highest BCUT2D eigenvalue weighted by Gasteiger charge is 2.11. The van der Waals surface area contributed by atoms with Gasteiger partial charge >= 0.3 is 5.97 Å². The lowest BCUT2D eigenvalue weighted by Crippen LogP contribution is -2.16. The molecule has 3 heteroatoms. The molecule has 0 aliphatic carbocycles. The molecule has 0 aliphatic heterocycles. The number of nitrogens with two attached hydrogens (primary N) is 1. The van der Waals surface area contributed by atoms with Crippen molar-refractivity contribution in [2.24, 2.45) is 5.73 Å². The number of esters is 1. The molecule has 0 bridgehead atoms. The second-order valence-electron chi connectivity index (χ2n) is 4.21. The van der Waals surface area contributed by atoms with Crippen molar-refractivity contribution in [3.8, 4) is 0 Å². The van der Waals surface area contributed by atoms with Crippen LogP contribution in [0.15, 0.2) is 24.3 Å². The number of hydrogen-bond acceptors (Lipinski definition) is 3. The molecule has 1 rings (SSSR count). The SMILES string of the molecule is COC(=O)CC(N)c1ccc(C(C)C)cc1. The number of methoxy groups -OCH3 is 1. The maximum atomic E-state index is 11.1. The standard InChI is InChI=1S/C13H19NO2/c1-9(2)10-4-6-11(7-5-10)12(14)8-13(15)16-3/h4-7,9,12H,8,14H2,1-3H3. The van der Waals surface area contributed by atoms with E-state index in [1.807, 2.05) is 12.1 Å². The number of carbonyl (C=O) groups is 1. The Balaban J connectivity index is 2.70. The van der Waals surface area contributed by atoms with Gasteiger partial charge in [0.05, 0.1) is 13.5 Å². The Morgan fingerprint density at radius 1 is 1.25 bits per heavy atom. The third-order valence-electron chi connectivity index (χ3n) is 2.65. The zero-order chi connectivity index (χ0) is 12.1. The average Bonchev–Trinajstić information content (AvgIpc) is 2.28. The van der Waals surface area contributed by atoms with Crippen molar-refractivity contribution < 1.29 is 9.53 Å². The normalized spacial score (nSPS) is 12.6. The number of hydrogen-bond donors (Lipinski definition) is 1. The summed E-state index contributed by atoms with van der Waals surface area (Å²) in [5.74, 6) is 0.228. The first-order valence-electron chi connectivity index (χ1n) is 5.47. The van der Waals surface area contributed by atoms with Crippen molar-refractivity contribution in [1.29, 1.82) is 0 Å². The van der Waals surface area contributed by atoms with Crippen LogP contribution >= 0.6 is 0 Å². The maximum Gasteiger partial charge on any atom is 0.307 e. The van der Waals surface area contributed by atoms with E-state index in [2.05, 4.69) is 30.7 Å². The lowest BCUT2D eigenvalue weighted by Gasteiger charge is -2.12. The summed E-state index contributed by atoms with van der Waals surface area (Å²) in [5.41, 5.74) is 8.14. The van der Waals surface area contributed by atoms with E-state index in [0.29, 0.717) is 5.92 Å². The van der Waals surface area contributed by atoms with Crippen molar-refractivity contribution in [1.82, 2.24) is 0 Å². The molecular weight excluding hydrogens is 202 g/mol. The van der Waals surface area contributed by atoms with Gasteiger partial charge in [0.25, 0.3) is 0 Å². The number of ether oxygens (including phenoxy) is 1. The van der Waals surface area contributed by atoms with Crippen LogP contribution in [0.3, 0.4) is 0 Å². The van der Waals surface area contributed by atoms with E-state index in [4.69, 9.17) is 5.73 Å². The highest BCUT2D eigenvalue weighted by Crippen LogP contribution is 2.19.